The van der Waals surface area contributed by atoms with E-state index < -0.39 is 11.2 Å². The molecule has 8 heteroatoms. The first kappa shape index (κ1) is 15.6. The molecule has 0 aromatic carbocycles. The zero-order chi connectivity index (χ0) is 15.8. The summed E-state index contributed by atoms with van der Waals surface area (Å²) >= 11 is 1.24. The van der Waals surface area contributed by atoms with E-state index in [1.54, 1.807) is 27.0 Å². The van der Waals surface area contributed by atoms with Crippen molar-refractivity contribution >= 4 is 23.6 Å². The Morgan fingerprint density at radius 3 is 2.67 bits per heavy atom. The molecular weight excluding hydrogens is 292 g/mol. The Bertz CT molecular complexity index is 653. The quantitative estimate of drug-likeness (QED) is 0.599. The van der Waals surface area contributed by atoms with Gasteiger partial charge in [0, 0.05) is 18.8 Å². The van der Waals surface area contributed by atoms with E-state index in [0.29, 0.717) is 29.4 Å². The third kappa shape index (κ3) is 2.67. The molecule has 0 atom stereocenters. The SMILES string of the molecule is CSc1nc(=O)[nH]c(C)c1C(=O)N1CCNC(=O)C1(C)C. The summed E-state index contributed by atoms with van der Waals surface area (Å²) < 4.78 is 0. The van der Waals surface area contributed by atoms with Crippen molar-refractivity contribution in [3.63, 3.8) is 0 Å². The fourth-order valence-electron chi connectivity index (χ4n) is 2.35. The number of carbonyl (C=O) groups excluding carboxylic acids is 2. The smallest absolute Gasteiger partial charge is 0.346 e. The molecule has 0 bridgehead atoms. The zero-order valence-corrected chi connectivity index (χ0v) is 13.3. The Morgan fingerprint density at radius 2 is 2.05 bits per heavy atom. The molecule has 2 N–H and O–H groups in total. The van der Waals surface area contributed by atoms with E-state index in [-0.39, 0.29) is 11.8 Å². The summed E-state index contributed by atoms with van der Waals surface area (Å²) in [4.78, 5) is 44.2. The molecule has 1 aromatic rings. The highest BCUT2D eigenvalue weighted by Gasteiger charge is 2.41. The van der Waals surface area contributed by atoms with Crippen LogP contribution in [-0.4, -0.2) is 51.6 Å². The fourth-order valence-corrected chi connectivity index (χ4v) is 2.97. The molecule has 2 amide bonds. The Balaban J connectivity index is 2.50. The van der Waals surface area contributed by atoms with Crippen LogP contribution in [0.5, 0.6) is 0 Å². The number of thioether (sulfide) groups is 1. The predicted octanol–water partition coefficient (Wildman–Crippen LogP) is 0.151. The van der Waals surface area contributed by atoms with Gasteiger partial charge in [0.2, 0.25) is 5.91 Å². The normalized spacial score (nSPS) is 17.5. The van der Waals surface area contributed by atoms with Crippen LogP contribution in [0.15, 0.2) is 9.82 Å². The fraction of sp³-hybridized carbons (Fsp3) is 0.538. The first-order valence-electron chi connectivity index (χ1n) is 6.54. The van der Waals surface area contributed by atoms with E-state index in [9.17, 15) is 14.4 Å². The van der Waals surface area contributed by atoms with Crippen LogP contribution in [-0.2, 0) is 4.79 Å². The number of hydrogen-bond acceptors (Lipinski definition) is 5. The summed E-state index contributed by atoms with van der Waals surface area (Å²) in [5.41, 5.74) is -0.604. The standard InChI is InChI=1S/C13H18N4O3S/c1-7-8(9(21-4)16-12(20)15-7)10(18)17-6-5-14-11(19)13(17,2)3/h5-6H2,1-4H3,(H,14,19)(H,15,16,20). The van der Waals surface area contributed by atoms with Crippen LogP contribution in [0.2, 0.25) is 0 Å². The lowest BCUT2D eigenvalue weighted by Crippen LogP contribution is -2.63. The van der Waals surface area contributed by atoms with Crippen molar-refractivity contribution in [3.8, 4) is 0 Å². The maximum atomic E-state index is 12.8. The maximum Gasteiger partial charge on any atom is 0.346 e. The second kappa shape index (κ2) is 5.51. The van der Waals surface area contributed by atoms with Gasteiger partial charge >= 0.3 is 5.69 Å². The largest absolute Gasteiger partial charge is 0.352 e. The molecule has 2 heterocycles. The van der Waals surface area contributed by atoms with Crippen molar-refractivity contribution in [2.24, 2.45) is 0 Å². The molecule has 2 rings (SSSR count). The van der Waals surface area contributed by atoms with Gasteiger partial charge in [0.05, 0.1) is 5.56 Å². The van der Waals surface area contributed by atoms with Gasteiger partial charge in [-0.25, -0.2) is 4.79 Å². The molecule has 21 heavy (non-hydrogen) atoms. The Hall–Kier alpha value is -1.83. The molecule has 114 valence electrons. The van der Waals surface area contributed by atoms with Gasteiger partial charge in [-0.05, 0) is 27.0 Å². The van der Waals surface area contributed by atoms with Gasteiger partial charge in [-0.3, -0.25) is 9.59 Å². The highest BCUT2D eigenvalue weighted by molar-refractivity contribution is 7.98. The van der Waals surface area contributed by atoms with E-state index in [4.69, 9.17) is 0 Å². The minimum atomic E-state index is -0.937. The van der Waals surface area contributed by atoms with Crippen molar-refractivity contribution in [2.75, 3.05) is 19.3 Å². The predicted molar refractivity (Wildman–Crippen MR) is 79.5 cm³/mol. The molecule has 1 saturated heterocycles. The summed E-state index contributed by atoms with van der Waals surface area (Å²) in [5, 5.41) is 3.13. The van der Waals surface area contributed by atoms with Gasteiger partial charge in [0.15, 0.2) is 0 Å². The van der Waals surface area contributed by atoms with Crippen LogP contribution in [0.3, 0.4) is 0 Å². The number of aromatic amines is 1. The highest BCUT2D eigenvalue weighted by Crippen LogP contribution is 2.25. The molecule has 0 saturated carbocycles. The molecule has 0 unspecified atom stereocenters. The average Bonchev–Trinajstić information content (AvgIpc) is 2.40. The molecule has 1 fully saturated rings. The van der Waals surface area contributed by atoms with Crippen LogP contribution in [0.1, 0.15) is 29.9 Å². The molecule has 1 aromatic heterocycles. The summed E-state index contributed by atoms with van der Waals surface area (Å²) in [6.45, 7) is 5.90. The van der Waals surface area contributed by atoms with E-state index in [2.05, 4.69) is 15.3 Å². The van der Waals surface area contributed by atoms with E-state index >= 15 is 0 Å². The van der Waals surface area contributed by atoms with E-state index in [1.807, 2.05) is 0 Å². The summed E-state index contributed by atoms with van der Waals surface area (Å²) in [7, 11) is 0. The first-order chi connectivity index (χ1) is 9.78. The van der Waals surface area contributed by atoms with Crippen molar-refractivity contribution in [1.82, 2.24) is 20.2 Å². The lowest BCUT2D eigenvalue weighted by molar-refractivity contribution is -0.133. The number of nitrogens with zero attached hydrogens (tertiary/aromatic N) is 2. The number of rotatable bonds is 2. The number of H-pyrrole nitrogens is 1. The number of piperazine rings is 1. The number of aromatic nitrogens is 2. The van der Waals surface area contributed by atoms with Crippen molar-refractivity contribution in [1.29, 1.82) is 0 Å². The molecule has 1 aliphatic rings. The number of nitrogens with one attached hydrogen (secondary N) is 2. The molecule has 0 spiro atoms. The maximum absolute atomic E-state index is 12.8. The van der Waals surface area contributed by atoms with Crippen LogP contribution >= 0.6 is 11.8 Å². The lowest BCUT2D eigenvalue weighted by atomic mass is 9.97. The molecule has 1 aliphatic heterocycles. The van der Waals surface area contributed by atoms with E-state index in [1.165, 1.54) is 16.7 Å². The number of hydrogen-bond donors (Lipinski definition) is 2. The summed E-state index contributed by atoms with van der Waals surface area (Å²) in [6, 6.07) is 0. The Morgan fingerprint density at radius 1 is 1.38 bits per heavy atom. The lowest BCUT2D eigenvalue weighted by Gasteiger charge is -2.41. The number of carbonyl (C=O) groups is 2. The first-order valence-corrected chi connectivity index (χ1v) is 7.76. The van der Waals surface area contributed by atoms with Crippen LogP contribution in [0, 0.1) is 6.92 Å². The molecule has 0 aliphatic carbocycles. The van der Waals surface area contributed by atoms with Gasteiger partial charge in [-0.2, -0.15) is 4.98 Å². The monoisotopic (exact) mass is 310 g/mol. The van der Waals surface area contributed by atoms with Crippen molar-refractivity contribution < 1.29 is 9.59 Å². The topological polar surface area (TPSA) is 95.2 Å². The second-order valence-corrected chi connectivity index (χ2v) is 6.12. The van der Waals surface area contributed by atoms with Crippen LogP contribution in [0.25, 0.3) is 0 Å². The molecular formula is C13H18N4O3S. The van der Waals surface area contributed by atoms with Crippen molar-refractivity contribution in [2.45, 2.75) is 31.3 Å². The Labute approximate surface area is 126 Å². The van der Waals surface area contributed by atoms with Gasteiger partial charge in [0.25, 0.3) is 5.91 Å². The zero-order valence-electron chi connectivity index (χ0n) is 12.4. The highest BCUT2D eigenvalue weighted by atomic mass is 32.2. The molecule has 0 radical (unpaired) electrons. The van der Waals surface area contributed by atoms with Gasteiger partial charge < -0.3 is 15.2 Å². The van der Waals surface area contributed by atoms with Crippen LogP contribution in [0.4, 0.5) is 0 Å². The van der Waals surface area contributed by atoms with Gasteiger partial charge in [-0.1, -0.05) is 0 Å². The third-order valence-corrected chi connectivity index (χ3v) is 4.27. The average molecular weight is 310 g/mol. The minimum absolute atomic E-state index is 0.192. The molecule has 7 nitrogen and oxygen atoms in total. The summed E-state index contributed by atoms with van der Waals surface area (Å²) in [5.74, 6) is -0.483. The van der Waals surface area contributed by atoms with E-state index in [0.717, 1.165) is 0 Å². The van der Waals surface area contributed by atoms with Gasteiger partial charge in [0.1, 0.15) is 10.6 Å². The number of aryl methyl sites for hydroxylation is 1. The minimum Gasteiger partial charge on any atom is -0.352 e. The second-order valence-electron chi connectivity index (χ2n) is 5.32. The summed E-state index contributed by atoms with van der Waals surface area (Å²) in [6.07, 6.45) is 1.76. The number of amides is 2. The Kier molecular flexibility index (Phi) is 4.08. The van der Waals surface area contributed by atoms with Crippen molar-refractivity contribution in [3.05, 3.63) is 21.7 Å². The van der Waals surface area contributed by atoms with Crippen LogP contribution < -0.4 is 11.0 Å². The third-order valence-electron chi connectivity index (χ3n) is 3.59. The van der Waals surface area contributed by atoms with Gasteiger partial charge in [-0.15, -0.1) is 11.8 Å².